The molecule has 0 spiro atoms. The van der Waals surface area contributed by atoms with E-state index in [1.807, 2.05) is 0 Å². The molecule has 1 fully saturated rings. The van der Waals surface area contributed by atoms with Gasteiger partial charge in [0, 0.05) is 12.1 Å². The van der Waals surface area contributed by atoms with Crippen molar-refractivity contribution in [2.24, 2.45) is 5.73 Å². The molecule has 2 N–H and O–H groups in total. The number of oxazole rings is 1. The van der Waals surface area contributed by atoms with E-state index in [1.165, 1.54) is 11.0 Å². The van der Waals surface area contributed by atoms with Crippen LogP contribution in [0.15, 0.2) is 16.8 Å². The van der Waals surface area contributed by atoms with Gasteiger partial charge in [-0.15, -0.1) is 0 Å². The Morgan fingerprint density at radius 3 is 2.78 bits per heavy atom. The van der Waals surface area contributed by atoms with E-state index in [2.05, 4.69) is 9.27 Å². The monoisotopic (exact) mass is 352 g/mol. The molecule has 0 saturated carbocycles. The van der Waals surface area contributed by atoms with Gasteiger partial charge in [0.05, 0.1) is 12.6 Å². The number of amides is 3. The summed E-state index contributed by atoms with van der Waals surface area (Å²) in [6.45, 7) is 0.216. The van der Waals surface area contributed by atoms with Crippen LogP contribution in [0.25, 0.3) is 5.57 Å². The third-order valence-electron chi connectivity index (χ3n) is 3.13. The Hall–Kier alpha value is -1.44. The molecule has 2 aliphatic heterocycles. The van der Waals surface area contributed by atoms with Gasteiger partial charge in [-0.3, -0.25) is 4.79 Å². The second-order valence-electron chi connectivity index (χ2n) is 4.63. The molecule has 1 aromatic heterocycles. The van der Waals surface area contributed by atoms with Gasteiger partial charge in [0.25, 0.3) is 5.91 Å². The number of rotatable bonds is 4. The number of primary amides is 1. The SMILES string of the molecule is NC(=O)c1coc(C2=CC3CN(C2)C(=O)N3OS(=O)(=O)[O-])n1.[Na+]. The molecule has 1 saturated heterocycles. The van der Waals surface area contributed by atoms with Crippen LogP contribution in [0, 0.1) is 0 Å². The third kappa shape index (κ3) is 3.57. The summed E-state index contributed by atoms with van der Waals surface area (Å²) in [5.74, 6) is -0.698. The van der Waals surface area contributed by atoms with Crippen molar-refractivity contribution >= 4 is 27.9 Å². The summed E-state index contributed by atoms with van der Waals surface area (Å²) in [6, 6.07) is -1.55. The fourth-order valence-corrected chi connectivity index (χ4v) is 2.63. The number of carbonyl (C=O) groups excluding carboxylic acids is 2. The van der Waals surface area contributed by atoms with Gasteiger partial charge in [0.15, 0.2) is 5.69 Å². The fraction of sp³-hybridized carbons (Fsp3) is 0.300. The van der Waals surface area contributed by atoms with Crippen LogP contribution in [0.4, 0.5) is 4.79 Å². The number of aromatic nitrogens is 1. The summed E-state index contributed by atoms with van der Waals surface area (Å²) in [5.41, 5.74) is 5.42. The van der Waals surface area contributed by atoms with Crippen molar-refractivity contribution in [1.82, 2.24) is 14.9 Å². The van der Waals surface area contributed by atoms with Crippen molar-refractivity contribution in [2.45, 2.75) is 6.04 Å². The predicted octanol–water partition coefficient (Wildman–Crippen LogP) is -4.33. The van der Waals surface area contributed by atoms with Crippen molar-refractivity contribution in [3.05, 3.63) is 23.9 Å². The van der Waals surface area contributed by atoms with Gasteiger partial charge in [0.2, 0.25) is 16.3 Å². The fourth-order valence-electron chi connectivity index (χ4n) is 2.26. The maximum Gasteiger partial charge on any atom is 1.00 e. The van der Waals surface area contributed by atoms with Crippen molar-refractivity contribution in [3.8, 4) is 0 Å². The van der Waals surface area contributed by atoms with Crippen LogP contribution in [0.3, 0.4) is 0 Å². The molecule has 13 heteroatoms. The van der Waals surface area contributed by atoms with E-state index in [0.717, 1.165) is 6.26 Å². The molecule has 11 nitrogen and oxygen atoms in total. The summed E-state index contributed by atoms with van der Waals surface area (Å²) in [6.07, 6.45) is 2.55. The van der Waals surface area contributed by atoms with E-state index in [-0.39, 0.29) is 54.2 Å². The number of nitrogens with two attached hydrogens (primary N) is 1. The van der Waals surface area contributed by atoms with Crippen LogP contribution in [-0.2, 0) is 14.7 Å². The number of fused-ring (bicyclic) bond motifs is 2. The van der Waals surface area contributed by atoms with Gasteiger partial charge in [-0.25, -0.2) is 18.2 Å². The van der Waals surface area contributed by atoms with Gasteiger partial charge < -0.3 is 19.6 Å². The van der Waals surface area contributed by atoms with E-state index < -0.39 is 28.4 Å². The minimum atomic E-state index is -5.07. The molecule has 1 atom stereocenters. The first kappa shape index (κ1) is 17.9. The molecule has 1 aromatic rings. The summed E-state index contributed by atoms with van der Waals surface area (Å²) in [4.78, 5) is 28.0. The Kier molecular flexibility index (Phi) is 4.84. The first-order chi connectivity index (χ1) is 10.2. The van der Waals surface area contributed by atoms with Gasteiger partial charge in [0.1, 0.15) is 6.26 Å². The topological polar surface area (TPSA) is 159 Å². The molecule has 3 rings (SSSR count). The van der Waals surface area contributed by atoms with Gasteiger partial charge in [-0.1, -0.05) is 0 Å². The summed E-state index contributed by atoms with van der Waals surface area (Å²) < 4.78 is 41.2. The first-order valence-electron chi connectivity index (χ1n) is 5.94. The molecule has 3 heterocycles. The minimum absolute atomic E-state index is 0. The third-order valence-corrected chi connectivity index (χ3v) is 3.47. The summed E-state index contributed by atoms with van der Waals surface area (Å²) >= 11 is 0. The Morgan fingerprint density at radius 1 is 1.52 bits per heavy atom. The Morgan fingerprint density at radius 2 is 2.22 bits per heavy atom. The van der Waals surface area contributed by atoms with Crippen molar-refractivity contribution < 1.29 is 60.8 Å². The normalized spacial score (nSPS) is 20.3. The molecular formula is C10H9N4NaO7S. The van der Waals surface area contributed by atoms with Crippen molar-refractivity contribution in [2.75, 3.05) is 13.1 Å². The molecule has 1 unspecified atom stereocenters. The van der Waals surface area contributed by atoms with E-state index in [9.17, 15) is 22.6 Å². The second-order valence-corrected chi connectivity index (χ2v) is 5.60. The molecule has 0 radical (unpaired) electrons. The van der Waals surface area contributed by atoms with E-state index in [4.69, 9.17) is 10.2 Å². The largest absolute Gasteiger partial charge is 1.00 e. The van der Waals surface area contributed by atoms with Crippen molar-refractivity contribution in [1.29, 1.82) is 0 Å². The zero-order valence-corrected chi connectivity index (χ0v) is 14.6. The van der Waals surface area contributed by atoms with Gasteiger partial charge >= 0.3 is 35.6 Å². The number of hydrogen-bond acceptors (Lipinski definition) is 8. The molecule has 0 aromatic carbocycles. The van der Waals surface area contributed by atoms with Crippen LogP contribution >= 0.6 is 0 Å². The average Bonchev–Trinajstić information content (AvgIpc) is 2.98. The number of hydroxylamine groups is 2. The number of urea groups is 1. The van der Waals surface area contributed by atoms with Crippen LogP contribution in [-0.4, -0.2) is 59.0 Å². The molecule has 23 heavy (non-hydrogen) atoms. The molecule has 0 aliphatic carbocycles. The van der Waals surface area contributed by atoms with E-state index in [0.29, 0.717) is 10.6 Å². The quantitative estimate of drug-likeness (QED) is 0.323. The van der Waals surface area contributed by atoms with Crippen LogP contribution in [0.5, 0.6) is 0 Å². The molecule has 2 aliphatic rings. The number of hydrogen-bond donors (Lipinski definition) is 1. The van der Waals surface area contributed by atoms with E-state index >= 15 is 0 Å². The van der Waals surface area contributed by atoms with E-state index in [1.54, 1.807) is 0 Å². The van der Waals surface area contributed by atoms with Gasteiger partial charge in [-0.2, -0.15) is 9.35 Å². The minimum Gasteiger partial charge on any atom is -0.724 e. The Bertz CT molecular complexity index is 789. The zero-order valence-electron chi connectivity index (χ0n) is 11.8. The smallest absolute Gasteiger partial charge is 0.724 e. The number of carbonyl (C=O) groups is 2. The van der Waals surface area contributed by atoms with Crippen LogP contribution in [0.2, 0.25) is 0 Å². The van der Waals surface area contributed by atoms with Crippen LogP contribution < -0.4 is 35.3 Å². The molecule has 118 valence electrons. The predicted molar refractivity (Wildman–Crippen MR) is 66.4 cm³/mol. The van der Waals surface area contributed by atoms with Crippen LogP contribution in [0.1, 0.15) is 16.4 Å². The van der Waals surface area contributed by atoms with Crippen molar-refractivity contribution in [3.63, 3.8) is 0 Å². The number of nitrogens with zero attached hydrogens (tertiary/aromatic N) is 3. The summed E-state index contributed by atoms with van der Waals surface area (Å²) in [5, 5.41) is 0.479. The Labute approximate surface area is 152 Å². The Balaban J connectivity index is 0.00000192. The molecule has 3 amide bonds. The van der Waals surface area contributed by atoms with Gasteiger partial charge in [-0.05, 0) is 6.08 Å². The zero-order chi connectivity index (χ0) is 16.1. The first-order valence-corrected chi connectivity index (χ1v) is 7.28. The molecular weight excluding hydrogens is 343 g/mol. The average molecular weight is 352 g/mol. The standard InChI is InChI=1S/C10H10N4O7S.Na/c11-8(15)7-4-20-9(12-7)5-1-6-3-13(2-5)10(16)14(6)21-22(17,18)19;/h1,4,6H,2-3H2,(H2,11,15)(H,17,18,19);/q;+1/p-1. The maximum absolute atomic E-state index is 11.9. The second kappa shape index (κ2) is 6.22. The maximum atomic E-state index is 11.9. The summed E-state index contributed by atoms with van der Waals surface area (Å²) in [7, 11) is -5.07. The molecule has 2 bridgehead atoms.